The van der Waals surface area contributed by atoms with Crippen molar-refractivity contribution in [3.05, 3.63) is 34.9 Å². The van der Waals surface area contributed by atoms with E-state index in [0.29, 0.717) is 0 Å². The van der Waals surface area contributed by atoms with Gasteiger partial charge >= 0.3 is 0 Å². The highest BCUT2D eigenvalue weighted by molar-refractivity contribution is 5.44. The van der Waals surface area contributed by atoms with E-state index in [1.165, 1.54) is 38.5 Å². The van der Waals surface area contributed by atoms with Gasteiger partial charge in [0.2, 0.25) is 0 Å². The van der Waals surface area contributed by atoms with Crippen LogP contribution in [-0.4, -0.2) is 0 Å². The van der Waals surface area contributed by atoms with E-state index in [1.54, 1.807) is 16.7 Å². The first-order valence-corrected chi connectivity index (χ1v) is 6.43. The lowest BCUT2D eigenvalue weighted by atomic mass is 9.67. The Morgan fingerprint density at radius 1 is 1.20 bits per heavy atom. The van der Waals surface area contributed by atoms with Crippen molar-refractivity contribution in [3.63, 3.8) is 0 Å². The average molecular weight is 200 g/mol. The summed E-state index contributed by atoms with van der Waals surface area (Å²) < 4.78 is 0. The average Bonchev–Trinajstić information content (AvgIpc) is 2.30. The molecule has 3 aliphatic rings. The minimum atomic E-state index is 0.849. The Morgan fingerprint density at radius 2 is 2.13 bits per heavy atom. The standard InChI is InChI=1S/C15H20/c1-11-14-8-4-2-6-12(14)10-13-7-3-5-9-15(11)13/h2,4,8,12-13H,3,5-7,9-10H2,1H3. The fourth-order valence-electron chi connectivity index (χ4n) is 3.70. The molecule has 15 heavy (non-hydrogen) atoms. The van der Waals surface area contributed by atoms with Crippen LogP contribution in [0.15, 0.2) is 34.9 Å². The maximum absolute atomic E-state index is 2.37. The normalized spacial score (nSPS) is 34.6. The van der Waals surface area contributed by atoms with Gasteiger partial charge in [0.25, 0.3) is 0 Å². The fraction of sp³-hybridized carbons (Fsp3) is 0.600. The highest BCUT2D eigenvalue weighted by atomic mass is 14.4. The first-order valence-electron chi connectivity index (χ1n) is 6.43. The molecule has 0 spiro atoms. The summed E-state index contributed by atoms with van der Waals surface area (Å²) >= 11 is 0. The van der Waals surface area contributed by atoms with Gasteiger partial charge < -0.3 is 0 Å². The summed E-state index contributed by atoms with van der Waals surface area (Å²) in [5, 5.41) is 0. The number of hydrogen-bond acceptors (Lipinski definition) is 0. The molecule has 0 amide bonds. The van der Waals surface area contributed by atoms with E-state index in [9.17, 15) is 0 Å². The number of rotatable bonds is 0. The quantitative estimate of drug-likeness (QED) is 0.543. The summed E-state index contributed by atoms with van der Waals surface area (Å²) in [7, 11) is 0. The zero-order chi connectivity index (χ0) is 10.3. The molecule has 80 valence electrons. The molecule has 2 atom stereocenters. The minimum absolute atomic E-state index is 0.849. The number of allylic oxidation sites excluding steroid dienone is 6. The second-order valence-electron chi connectivity index (χ2n) is 5.31. The van der Waals surface area contributed by atoms with Crippen LogP contribution in [0.5, 0.6) is 0 Å². The largest absolute Gasteiger partial charge is 0.0839 e. The third-order valence-corrected chi connectivity index (χ3v) is 4.50. The molecule has 0 nitrogen and oxygen atoms in total. The maximum atomic E-state index is 2.37. The molecule has 3 aliphatic carbocycles. The Hall–Kier alpha value is -0.780. The van der Waals surface area contributed by atoms with E-state index in [0.717, 1.165) is 11.8 Å². The van der Waals surface area contributed by atoms with Crippen molar-refractivity contribution in [1.82, 2.24) is 0 Å². The van der Waals surface area contributed by atoms with Crippen LogP contribution in [0, 0.1) is 11.8 Å². The van der Waals surface area contributed by atoms with Gasteiger partial charge in [-0.2, -0.15) is 0 Å². The Labute approximate surface area is 92.8 Å². The van der Waals surface area contributed by atoms with Gasteiger partial charge in [0.05, 0.1) is 0 Å². The van der Waals surface area contributed by atoms with Gasteiger partial charge in [0.15, 0.2) is 0 Å². The van der Waals surface area contributed by atoms with Crippen molar-refractivity contribution < 1.29 is 0 Å². The second kappa shape index (κ2) is 3.66. The third-order valence-electron chi connectivity index (χ3n) is 4.50. The van der Waals surface area contributed by atoms with Gasteiger partial charge in [0, 0.05) is 0 Å². The lowest BCUT2D eigenvalue weighted by molar-refractivity contribution is 0.356. The summed E-state index contributed by atoms with van der Waals surface area (Å²) in [6, 6.07) is 0. The molecule has 0 aromatic carbocycles. The zero-order valence-electron chi connectivity index (χ0n) is 9.63. The van der Waals surface area contributed by atoms with Crippen LogP contribution in [0.3, 0.4) is 0 Å². The summed E-state index contributed by atoms with van der Waals surface area (Å²) in [6.07, 6.45) is 15.4. The Kier molecular flexibility index (Phi) is 2.31. The molecule has 1 fully saturated rings. The van der Waals surface area contributed by atoms with Gasteiger partial charge in [-0.1, -0.05) is 30.2 Å². The highest BCUT2D eigenvalue weighted by Gasteiger charge is 2.31. The summed E-state index contributed by atoms with van der Waals surface area (Å²) in [4.78, 5) is 0. The second-order valence-corrected chi connectivity index (χ2v) is 5.31. The van der Waals surface area contributed by atoms with Crippen LogP contribution in [0.1, 0.15) is 45.4 Å². The molecule has 0 N–H and O–H groups in total. The van der Waals surface area contributed by atoms with Gasteiger partial charge in [0.1, 0.15) is 0 Å². The van der Waals surface area contributed by atoms with E-state index in [4.69, 9.17) is 0 Å². The molecule has 0 aromatic rings. The zero-order valence-corrected chi connectivity index (χ0v) is 9.63. The van der Waals surface area contributed by atoms with E-state index < -0.39 is 0 Å². The van der Waals surface area contributed by atoms with Crippen molar-refractivity contribution in [3.8, 4) is 0 Å². The van der Waals surface area contributed by atoms with Crippen molar-refractivity contribution in [2.75, 3.05) is 0 Å². The van der Waals surface area contributed by atoms with Gasteiger partial charge in [-0.25, -0.2) is 0 Å². The van der Waals surface area contributed by atoms with Crippen LogP contribution in [0.4, 0.5) is 0 Å². The van der Waals surface area contributed by atoms with E-state index >= 15 is 0 Å². The van der Waals surface area contributed by atoms with Crippen LogP contribution in [0.25, 0.3) is 0 Å². The predicted molar refractivity (Wildman–Crippen MR) is 64.6 cm³/mol. The first kappa shape index (κ1) is 9.45. The minimum Gasteiger partial charge on any atom is -0.0839 e. The lowest BCUT2D eigenvalue weighted by Gasteiger charge is -2.38. The third kappa shape index (κ3) is 1.51. The lowest BCUT2D eigenvalue weighted by Crippen LogP contribution is -2.24. The molecule has 2 unspecified atom stereocenters. The Bertz CT molecular complexity index is 354. The van der Waals surface area contributed by atoms with Crippen LogP contribution in [-0.2, 0) is 0 Å². The van der Waals surface area contributed by atoms with Crippen molar-refractivity contribution >= 4 is 0 Å². The monoisotopic (exact) mass is 200 g/mol. The smallest absolute Gasteiger partial charge is 0.0119 e. The summed E-state index contributed by atoms with van der Waals surface area (Å²) in [5.74, 6) is 1.79. The molecule has 1 saturated carbocycles. The Balaban J connectivity index is 2.01. The molecule has 0 saturated heterocycles. The summed E-state index contributed by atoms with van der Waals surface area (Å²) in [6.45, 7) is 2.37. The first-order chi connectivity index (χ1) is 7.36. The maximum Gasteiger partial charge on any atom is -0.0119 e. The van der Waals surface area contributed by atoms with Crippen molar-refractivity contribution in [2.24, 2.45) is 11.8 Å². The van der Waals surface area contributed by atoms with Gasteiger partial charge in [-0.15, -0.1) is 0 Å². The topological polar surface area (TPSA) is 0 Å². The highest BCUT2D eigenvalue weighted by Crippen LogP contribution is 2.46. The molecule has 0 bridgehead atoms. The number of hydrogen-bond donors (Lipinski definition) is 0. The molecular formula is C15H20. The molecule has 3 rings (SSSR count). The molecule has 0 radical (unpaired) electrons. The van der Waals surface area contributed by atoms with E-state index in [2.05, 4.69) is 25.2 Å². The molecule has 0 aliphatic heterocycles. The number of fused-ring (bicyclic) bond motifs is 2. The molecule has 0 heterocycles. The van der Waals surface area contributed by atoms with E-state index in [1.807, 2.05) is 0 Å². The van der Waals surface area contributed by atoms with Crippen LogP contribution < -0.4 is 0 Å². The van der Waals surface area contributed by atoms with Crippen molar-refractivity contribution in [1.29, 1.82) is 0 Å². The molecular weight excluding hydrogens is 180 g/mol. The van der Waals surface area contributed by atoms with Gasteiger partial charge in [-0.05, 0) is 62.0 Å². The molecule has 0 aromatic heterocycles. The predicted octanol–water partition coefficient (Wildman–Crippen LogP) is 4.40. The SMILES string of the molecule is CC1=C2CCCCC2CC2CC=CC=C12. The van der Waals surface area contributed by atoms with E-state index in [-0.39, 0.29) is 0 Å². The van der Waals surface area contributed by atoms with Gasteiger partial charge in [-0.3, -0.25) is 0 Å². The summed E-state index contributed by atoms with van der Waals surface area (Å²) in [5.41, 5.74) is 5.12. The Morgan fingerprint density at radius 3 is 3.07 bits per heavy atom. The fourth-order valence-corrected chi connectivity index (χ4v) is 3.70. The van der Waals surface area contributed by atoms with Crippen molar-refractivity contribution in [2.45, 2.75) is 45.4 Å². The molecule has 0 heteroatoms. The van der Waals surface area contributed by atoms with Crippen LogP contribution in [0.2, 0.25) is 0 Å². The van der Waals surface area contributed by atoms with Crippen LogP contribution >= 0.6 is 0 Å².